The zero-order valence-corrected chi connectivity index (χ0v) is 12.3. The second-order valence-electron chi connectivity index (χ2n) is 4.34. The van der Waals surface area contributed by atoms with Crippen LogP contribution in [-0.2, 0) is 0 Å². The third-order valence-corrected chi connectivity index (χ3v) is 3.82. The van der Waals surface area contributed by atoms with Crippen molar-refractivity contribution in [1.29, 1.82) is 0 Å². The van der Waals surface area contributed by atoms with E-state index in [4.69, 9.17) is 9.47 Å². The fraction of sp³-hybridized carbons (Fsp3) is 0.133. The normalized spacial score (nSPS) is 10.6. The Balaban J connectivity index is 2.01. The smallest absolute Gasteiger partial charge is 0.231 e. The standard InChI is InChI=1S/C15H12N2O3S/c1-9(18)10-3-4-12(13(7-10)19-2)20-14-11-5-6-21-15(11)17-8-16-14/h3-8H,1-2H3. The number of thiophene rings is 1. The first-order valence-electron chi connectivity index (χ1n) is 6.24. The first-order valence-corrected chi connectivity index (χ1v) is 7.12. The second-order valence-corrected chi connectivity index (χ2v) is 5.24. The topological polar surface area (TPSA) is 61.3 Å². The van der Waals surface area contributed by atoms with Crippen LogP contribution in [0, 0.1) is 0 Å². The molecule has 0 unspecified atom stereocenters. The van der Waals surface area contributed by atoms with Gasteiger partial charge in [-0.2, -0.15) is 0 Å². The second kappa shape index (κ2) is 5.49. The monoisotopic (exact) mass is 300 g/mol. The first-order chi connectivity index (χ1) is 10.2. The fourth-order valence-corrected chi connectivity index (χ4v) is 2.65. The van der Waals surface area contributed by atoms with E-state index in [0.29, 0.717) is 22.9 Å². The molecule has 0 N–H and O–H groups in total. The third-order valence-electron chi connectivity index (χ3n) is 3.00. The largest absolute Gasteiger partial charge is 0.493 e. The van der Waals surface area contributed by atoms with Crippen molar-refractivity contribution < 1.29 is 14.3 Å². The predicted molar refractivity (Wildman–Crippen MR) is 80.5 cm³/mol. The lowest BCUT2D eigenvalue weighted by Gasteiger charge is -2.10. The Bertz CT molecular complexity index is 814. The van der Waals surface area contributed by atoms with Gasteiger partial charge in [0.05, 0.1) is 12.5 Å². The lowest BCUT2D eigenvalue weighted by Crippen LogP contribution is -1.97. The average Bonchev–Trinajstić information content (AvgIpc) is 2.97. The molecular formula is C15H12N2O3S. The molecule has 21 heavy (non-hydrogen) atoms. The summed E-state index contributed by atoms with van der Waals surface area (Å²) in [5, 5.41) is 2.78. The Hall–Kier alpha value is -2.47. The molecule has 5 nitrogen and oxygen atoms in total. The number of ketones is 1. The van der Waals surface area contributed by atoms with Crippen LogP contribution >= 0.6 is 11.3 Å². The molecule has 0 fully saturated rings. The molecule has 3 rings (SSSR count). The Labute approximate surface area is 125 Å². The van der Waals surface area contributed by atoms with Crippen molar-refractivity contribution in [2.75, 3.05) is 7.11 Å². The van der Waals surface area contributed by atoms with Crippen LogP contribution in [0.3, 0.4) is 0 Å². The Morgan fingerprint density at radius 3 is 2.81 bits per heavy atom. The van der Waals surface area contributed by atoms with Crippen molar-refractivity contribution in [2.24, 2.45) is 0 Å². The van der Waals surface area contributed by atoms with Gasteiger partial charge in [0.1, 0.15) is 11.2 Å². The first kappa shape index (κ1) is 13.5. The molecule has 0 bridgehead atoms. The molecule has 1 aromatic carbocycles. The van der Waals surface area contributed by atoms with Crippen LogP contribution in [0.4, 0.5) is 0 Å². The van der Waals surface area contributed by atoms with Crippen molar-refractivity contribution in [3.05, 3.63) is 41.5 Å². The minimum atomic E-state index is -0.0258. The van der Waals surface area contributed by atoms with Crippen LogP contribution < -0.4 is 9.47 Å². The third kappa shape index (κ3) is 2.57. The minimum Gasteiger partial charge on any atom is -0.493 e. The Morgan fingerprint density at radius 2 is 2.05 bits per heavy atom. The molecule has 0 saturated carbocycles. The van der Waals surface area contributed by atoms with Crippen LogP contribution in [0.25, 0.3) is 10.2 Å². The molecule has 0 aliphatic rings. The van der Waals surface area contributed by atoms with Crippen molar-refractivity contribution >= 4 is 27.3 Å². The molecule has 6 heteroatoms. The van der Waals surface area contributed by atoms with Gasteiger partial charge >= 0.3 is 0 Å². The van der Waals surface area contributed by atoms with E-state index in [1.54, 1.807) is 18.2 Å². The van der Waals surface area contributed by atoms with E-state index < -0.39 is 0 Å². The van der Waals surface area contributed by atoms with Gasteiger partial charge < -0.3 is 9.47 Å². The van der Waals surface area contributed by atoms with E-state index in [0.717, 1.165) is 10.2 Å². The van der Waals surface area contributed by atoms with E-state index >= 15 is 0 Å². The highest BCUT2D eigenvalue weighted by Gasteiger charge is 2.12. The van der Waals surface area contributed by atoms with Gasteiger partial charge in [0.2, 0.25) is 5.88 Å². The summed E-state index contributed by atoms with van der Waals surface area (Å²) in [5.41, 5.74) is 0.572. The summed E-state index contributed by atoms with van der Waals surface area (Å²) >= 11 is 1.52. The Morgan fingerprint density at radius 1 is 1.19 bits per heavy atom. The number of carbonyl (C=O) groups is 1. The highest BCUT2D eigenvalue weighted by molar-refractivity contribution is 7.16. The highest BCUT2D eigenvalue weighted by Crippen LogP contribution is 2.35. The number of nitrogens with zero attached hydrogens (tertiary/aromatic N) is 2. The average molecular weight is 300 g/mol. The number of benzene rings is 1. The molecule has 106 valence electrons. The molecule has 0 spiro atoms. The number of fused-ring (bicyclic) bond motifs is 1. The molecule has 3 aromatic rings. The number of aromatic nitrogens is 2. The Kier molecular flexibility index (Phi) is 3.53. The summed E-state index contributed by atoms with van der Waals surface area (Å²) in [7, 11) is 1.53. The van der Waals surface area contributed by atoms with E-state index in [2.05, 4.69) is 9.97 Å². The number of rotatable bonds is 4. The van der Waals surface area contributed by atoms with E-state index in [1.165, 1.54) is 31.7 Å². The van der Waals surface area contributed by atoms with Gasteiger partial charge in [0.25, 0.3) is 0 Å². The van der Waals surface area contributed by atoms with Gasteiger partial charge in [-0.15, -0.1) is 11.3 Å². The van der Waals surface area contributed by atoms with E-state index in [1.807, 2.05) is 11.4 Å². The predicted octanol–water partition coefficient (Wildman–Crippen LogP) is 3.69. The van der Waals surface area contributed by atoms with E-state index in [-0.39, 0.29) is 5.78 Å². The summed E-state index contributed by atoms with van der Waals surface area (Å²) in [6.07, 6.45) is 1.46. The number of methoxy groups -OCH3 is 1. The molecule has 0 saturated heterocycles. The van der Waals surface area contributed by atoms with Gasteiger partial charge in [-0.05, 0) is 36.6 Å². The van der Waals surface area contributed by atoms with Gasteiger partial charge in [0.15, 0.2) is 17.3 Å². The molecule has 0 radical (unpaired) electrons. The molecular weight excluding hydrogens is 288 g/mol. The molecule has 2 aromatic heterocycles. The lowest BCUT2D eigenvalue weighted by atomic mass is 10.1. The van der Waals surface area contributed by atoms with Crippen LogP contribution in [-0.4, -0.2) is 22.9 Å². The quantitative estimate of drug-likeness (QED) is 0.688. The highest BCUT2D eigenvalue weighted by atomic mass is 32.1. The summed E-state index contributed by atoms with van der Waals surface area (Å²) in [4.78, 5) is 20.6. The number of carbonyl (C=O) groups excluding carboxylic acids is 1. The molecule has 0 amide bonds. The van der Waals surface area contributed by atoms with Gasteiger partial charge in [-0.3, -0.25) is 4.79 Å². The zero-order valence-electron chi connectivity index (χ0n) is 11.5. The minimum absolute atomic E-state index is 0.0258. The van der Waals surface area contributed by atoms with Gasteiger partial charge in [-0.1, -0.05) is 0 Å². The number of hydrogen-bond donors (Lipinski definition) is 0. The maximum absolute atomic E-state index is 11.4. The number of Topliss-reactive ketones (excluding diaryl/α,β-unsaturated/α-hetero) is 1. The van der Waals surface area contributed by atoms with Crippen molar-refractivity contribution in [1.82, 2.24) is 9.97 Å². The SMILES string of the molecule is COc1cc(C(C)=O)ccc1Oc1ncnc2sccc12. The summed E-state index contributed by atoms with van der Waals surface area (Å²) in [6.45, 7) is 1.51. The van der Waals surface area contributed by atoms with Crippen molar-refractivity contribution in [2.45, 2.75) is 6.92 Å². The van der Waals surface area contributed by atoms with Gasteiger partial charge in [0, 0.05) is 5.56 Å². The summed E-state index contributed by atoms with van der Waals surface area (Å²) < 4.78 is 11.1. The van der Waals surface area contributed by atoms with Gasteiger partial charge in [-0.25, -0.2) is 9.97 Å². The summed E-state index contributed by atoms with van der Waals surface area (Å²) in [5.74, 6) is 1.44. The van der Waals surface area contributed by atoms with Crippen LogP contribution in [0.2, 0.25) is 0 Å². The van der Waals surface area contributed by atoms with Crippen LogP contribution in [0.15, 0.2) is 36.0 Å². The number of ether oxygens (including phenoxy) is 2. The number of hydrogen-bond acceptors (Lipinski definition) is 6. The fourth-order valence-electron chi connectivity index (χ4n) is 1.92. The van der Waals surface area contributed by atoms with Crippen LogP contribution in [0.1, 0.15) is 17.3 Å². The maximum atomic E-state index is 11.4. The lowest BCUT2D eigenvalue weighted by molar-refractivity contribution is 0.101. The van der Waals surface area contributed by atoms with Crippen molar-refractivity contribution in [3.8, 4) is 17.4 Å². The van der Waals surface area contributed by atoms with E-state index in [9.17, 15) is 4.79 Å². The van der Waals surface area contributed by atoms with Crippen LogP contribution in [0.5, 0.6) is 17.4 Å². The summed E-state index contributed by atoms with van der Waals surface area (Å²) in [6, 6.07) is 6.97. The molecule has 0 aliphatic carbocycles. The molecule has 0 atom stereocenters. The zero-order chi connectivity index (χ0) is 14.8. The van der Waals surface area contributed by atoms with Crippen molar-refractivity contribution in [3.63, 3.8) is 0 Å². The maximum Gasteiger partial charge on any atom is 0.231 e. The molecule has 0 aliphatic heterocycles. The molecule has 2 heterocycles.